The van der Waals surface area contributed by atoms with Crippen molar-refractivity contribution in [3.63, 3.8) is 0 Å². The van der Waals surface area contributed by atoms with E-state index in [1.807, 2.05) is 0 Å². The number of nitrogens with one attached hydrogen (secondary N) is 1. The number of alkyl halides is 1. The van der Waals surface area contributed by atoms with Crippen LogP contribution in [0.4, 0.5) is 0 Å². The molecule has 1 N–H and O–H groups in total. The molecule has 0 bridgehead atoms. The van der Waals surface area contributed by atoms with E-state index in [-0.39, 0.29) is 11.8 Å². The number of rotatable bonds is 3. The average Bonchev–Trinajstić information content (AvgIpc) is 2.90. The largest absolute Gasteiger partial charge is 0.356 e. The van der Waals surface area contributed by atoms with Crippen LogP contribution in [-0.2, 0) is 17.6 Å². The number of carbonyl (C=O) groups excluding carboxylic acids is 1. The molecule has 108 valence electrons. The predicted octanol–water partition coefficient (Wildman–Crippen LogP) is 3.47. The van der Waals surface area contributed by atoms with E-state index in [0.29, 0.717) is 10.7 Å². The van der Waals surface area contributed by atoms with Crippen LogP contribution in [0.15, 0.2) is 24.3 Å². The monoisotopic (exact) mass is 335 g/mol. The van der Waals surface area contributed by atoms with Crippen molar-refractivity contribution in [1.29, 1.82) is 0 Å². The standard InChI is InChI=1S/C17H22BrNO/c18-16-8-5-12(9-16)11-19-17(20)15-7-6-13-3-1-2-4-14(13)10-15/h1-4,12,15-16H,5-11H2,(H,19,20). The molecular weight excluding hydrogens is 314 g/mol. The van der Waals surface area contributed by atoms with Gasteiger partial charge in [-0.1, -0.05) is 40.2 Å². The summed E-state index contributed by atoms with van der Waals surface area (Å²) in [4.78, 5) is 13.0. The van der Waals surface area contributed by atoms with Crippen LogP contribution in [0.3, 0.4) is 0 Å². The number of carbonyl (C=O) groups is 1. The summed E-state index contributed by atoms with van der Waals surface area (Å²) in [5.74, 6) is 1.10. The van der Waals surface area contributed by atoms with Crippen LogP contribution in [0.25, 0.3) is 0 Å². The lowest BCUT2D eigenvalue weighted by Crippen LogP contribution is -2.36. The third kappa shape index (κ3) is 3.25. The quantitative estimate of drug-likeness (QED) is 0.842. The molecule has 3 atom stereocenters. The Kier molecular flexibility index (Phi) is 4.45. The number of fused-ring (bicyclic) bond motifs is 1. The maximum absolute atomic E-state index is 12.3. The van der Waals surface area contributed by atoms with Gasteiger partial charge in [-0.25, -0.2) is 0 Å². The van der Waals surface area contributed by atoms with Crippen LogP contribution >= 0.6 is 15.9 Å². The number of hydrogen-bond acceptors (Lipinski definition) is 1. The van der Waals surface area contributed by atoms with Crippen molar-refractivity contribution in [2.75, 3.05) is 6.54 Å². The van der Waals surface area contributed by atoms with E-state index >= 15 is 0 Å². The molecule has 2 nitrogen and oxygen atoms in total. The first-order chi connectivity index (χ1) is 9.72. The molecule has 1 aromatic carbocycles. The Morgan fingerprint density at radius 2 is 2.00 bits per heavy atom. The molecule has 3 heteroatoms. The first kappa shape index (κ1) is 14.1. The van der Waals surface area contributed by atoms with Crippen LogP contribution in [0, 0.1) is 11.8 Å². The molecule has 3 unspecified atom stereocenters. The van der Waals surface area contributed by atoms with Gasteiger partial charge in [-0.05, 0) is 55.6 Å². The summed E-state index contributed by atoms with van der Waals surface area (Å²) in [7, 11) is 0. The second kappa shape index (κ2) is 6.30. The van der Waals surface area contributed by atoms with Gasteiger partial charge in [0.1, 0.15) is 0 Å². The van der Waals surface area contributed by atoms with Crippen LogP contribution in [0.5, 0.6) is 0 Å². The Morgan fingerprint density at radius 1 is 1.20 bits per heavy atom. The first-order valence-corrected chi connectivity index (χ1v) is 8.62. The van der Waals surface area contributed by atoms with Crippen molar-refractivity contribution in [1.82, 2.24) is 5.32 Å². The Morgan fingerprint density at radius 3 is 2.75 bits per heavy atom. The zero-order chi connectivity index (χ0) is 13.9. The SMILES string of the molecule is O=C(NCC1CCC(Br)C1)C1CCc2ccccc2C1. The van der Waals surface area contributed by atoms with Gasteiger partial charge in [0.05, 0.1) is 0 Å². The summed E-state index contributed by atoms with van der Waals surface area (Å²) in [6.45, 7) is 0.860. The molecule has 0 saturated heterocycles. The molecule has 1 saturated carbocycles. The number of amides is 1. The maximum atomic E-state index is 12.3. The van der Waals surface area contributed by atoms with Crippen molar-refractivity contribution < 1.29 is 4.79 Å². The zero-order valence-electron chi connectivity index (χ0n) is 11.8. The summed E-state index contributed by atoms with van der Waals surface area (Å²) in [6, 6.07) is 8.53. The van der Waals surface area contributed by atoms with E-state index in [9.17, 15) is 4.79 Å². The number of halogens is 1. The van der Waals surface area contributed by atoms with E-state index in [1.54, 1.807) is 0 Å². The van der Waals surface area contributed by atoms with Crippen molar-refractivity contribution in [3.8, 4) is 0 Å². The Hall–Kier alpha value is -0.830. The molecule has 3 rings (SSSR count). The highest BCUT2D eigenvalue weighted by Gasteiger charge is 2.26. The highest BCUT2D eigenvalue weighted by molar-refractivity contribution is 9.09. The molecular formula is C17H22BrNO. The van der Waals surface area contributed by atoms with Gasteiger partial charge in [0, 0.05) is 17.3 Å². The molecule has 0 aliphatic heterocycles. The summed E-state index contributed by atoms with van der Waals surface area (Å²) in [5.41, 5.74) is 2.79. The lowest BCUT2D eigenvalue weighted by Gasteiger charge is -2.24. The third-order valence-electron chi connectivity index (χ3n) is 4.76. The van der Waals surface area contributed by atoms with Gasteiger partial charge in [0.15, 0.2) is 0 Å². The summed E-state index contributed by atoms with van der Waals surface area (Å²) < 4.78 is 0. The highest BCUT2D eigenvalue weighted by Crippen LogP contribution is 2.30. The average molecular weight is 336 g/mol. The predicted molar refractivity (Wildman–Crippen MR) is 85.0 cm³/mol. The molecule has 0 radical (unpaired) electrons. The van der Waals surface area contributed by atoms with E-state index in [0.717, 1.165) is 25.8 Å². The van der Waals surface area contributed by atoms with Gasteiger partial charge in [0.25, 0.3) is 0 Å². The fraction of sp³-hybridized carbons (Fsp3) is 0.588. The lowest BCUT2D eigenvalue weighted by molar-refractivity contribution is -0.125. The number of benzene rings is 1. The minimum atomic E-state index is 0.172. The molecule has 1 fully saturated rings. The Balaban J connectivity index is 1.51. The maximum Gasteiger partial charge on any atom is 0.223 e. The summed E-state index contributed by atoms with van der Waals surface area (Å²) >= 11 is 3.67. The fourth-order valence-corrected chi connectivity index (χ4v) is 4.30. The molecule has 0 aromatic heterocycles. The molecule has 0 heterocycles. The van der Waals surface area contributed by atoms with Gasteiger partial charge < -0.3 is 5.32 Å². The second-order valence-corrected chi connectivity index (χ2v) is 7.52. The third-order valence-corrected chi connectivity index (χ3v) is 5.59. The smallest absolute Gasteiger partial charge is 0.223 e. The van der Waals surface area contributed by atoms with E-state index in [1.165, 1.54) is 30.4 Å². The number of aryl methyl sites for hydroxylation is 1. The molecule has 2 aliphatic rings. The van der Waals surface area contributed by atoms with Gasteiger partial charge >= 0.3 is 0 Å². The van der Waals surface area contributed by atoms with E-state index < -0.39 is 0 Å². The second-order valence-electron chi connectivity index (χ2n) is 6.23. The number of hydrogen-bond donors (Lipinski definition) is 1. The molecule has 1 aromatic rings. The van der Waals surface area contributed by atoms with Gasteiger partial charge in [0.2, 0.25) is 5.91 Å². The van der Waals surface area contributed by atoms with Crippen LogP contribution in [0.1, 0.15) is 36.8 Å². The molecule has 20 heavy (non-hydrogen) atoms. The van der Waals surface area contributed by atoms with Crippen molar-refractivity contribution in [3.05, 3.63) is 35.4 Å². The Labute approximate surface area is 129 Å². The van der Waals surface area contributed by atoms with Crippen molar-refractivity contribution >= 4 is 21.8 Å². The Bertz CT molecular complexity index is 488. The van der Waals surface area contributed by atoms with Gasteiger partial charge in [-0.2, -0.15) is 0 Å². The van der Waals surface area contributed by atoms with Crippen LogP contribution in [-0.4, -0.2) is 17.3 Å². The minimum Gasteiger partial charge on any atom is -0.356 e. The van der Waals surface area contributed by atoms with Crippen molar-refractivity contribution in [2.24, 2.45) is 11.8 Å². The molecule has 2 aliphatic carbocycles. The lowest BCUT2D eigenvalue weighted by atomic mass is 9.83. The first-order valence-electron chi connectivity index (χ1n) is 7.71. The van der Waals surface area contributed by atoms with E-state index in [2.05, 4.69) is 45.5 Å². The van der Waals surface area contributed by atoms with Crippen LogP contribution < -0.4 is 5.32 Å². The summed E-state index contributed by atoms with van der Waals surface area (Å²) in [6.07, 6.45) is 6.64. The molecule has 1 amide bonds. The van der Waals surface area contributed by atoms with E-state index in [4.69, 9.17) is 0 Å². The zero-order valence-corrected chi connectivity index (χ0v) is 13.4. The molecule has 0 spiro atoms. The van der Waals surface area contributed by atoms with Gasteiger partial charge in [-0.15, -0.1) is 0 Å². The fourth-order valence-electron chi connectivity index (χ4n) is 3.51. The topological polar surface area (TPSA) is 29.1 Å². The highest BCUT2D eigenvalue weighted by atomic mass is 79.9. The summed E-state index contributed by atoms with van der Waals surface area (Å²) in [5, 5.41) is 3.19. The normalized spacial score (nSPS) is 28.9. The minimum absolute atomic E-state index is 0.172. The van der Waals surface area contributed by atoms with Gasteiger partial charge in [-0.3, -0.25) is 4.79 Å². The van der Waals surface area contributed by atoms with Crippen molar-refractivity contribution in [2.45, 2.75) is 43.4 Å². The van der Waals surface area contributed by atoms with Crippen LogP contribution in [0.2, 0.25) is 0 Å².